The standard InChI is InChI=1S/C29H32N4O3S/c1-20(2)32-37(35,36)19-24-13-11-23(12-14-24)17-30-29(34)27-18-33(26-8-6-5-7-9-26)31-28(27)25-15-10-21(3)22(4)16-25/h5-16,18,20,32H,17,19H2,1-4H3,(H,30,34). The highest BCUT2D eigenvalue weighted by atomic mass is 32.2. The molecule has 1 heterocycles. The Kier molecular flexibility index (Phi) is 7.90. The number of hydrogen-bond donors (Lipinski definition) is 2. The summed E-state index contributed by atoms with van der Waals surface area (Å²) in [7, 11) is -3.40. The summed E-state index contributed by atoms with van der Waals surface area (Å²) in [6.45, 7) is 7.98. The number of nitrogens with zero attached hydrogens (tertiary/aromatic N) is 2. The van der Waals surface area contributed by atoms with Crippen molar-refractivity contribution in [1.29, 1.82) is 0 Å². The molecule has 8 heteroatoms. The maximum Gasteiger partial charge on any atom is 0.255 e. The maximum atomic E-state index is 13.3. The largest absolute Gasteiger partial charge is 0.348 e. The van der Waals surface area contributed by atoms with Gasteiger partial charge in [0.05, 0.1) is 17.0 Å². The Hall–Kier alpha value is -3.75. The molecule has 37 heavy (non-hydrogen) atoms. The van der Waals surface area contributed by atoms with Crippen molar-refractivity contribution in [3.8, 4) is 16.9 Å². The van der Waals surface area contributed by atoms with E-state index in [-0.39, 0.29) is 17.7 Å². The number of aryl methyl sites for hydroxylation is 2. The van der Waals surface area contributed by atoms with Gasteiger partial charge in [0.1, 0.15) is 5.69 Å². The van der Waals surface area contributed by atoms with E-state index in [0.29, 0.717) is 23.4 Å². The monoisotopic (exact) mass is 516 g/mol. The van der Waals surface area contributed by atoms with E-state index in [9.17, 15) is 13.2 Å². The number of para-hydroxylation sites is 1. The van der Waals surface area contributed by atoms with E-state index in [0.717, 1.165) is 22.4 Å². The predicted octanol–water partition coefficient (Wildman–Crippen LogP) is 4.91. The fourth-order valence-electron chi connectivity index (χ4n) is 4.01. The van der Waals surface area contributed by atoms with Gasteiger partial charge in [-0.25, -0.2) is 17.8 Å². The summed E-state index contributed by atoms with van der Waals surface area (Å²) in [5.74, 6) is -0.321. The second kappa shape index (κ2) is 11.1. The molecule has 0 unspecified atom stereocenters. The summed E-state index contributed by atoms with van der Waals surface area (Å²) in [5, 5.41) is 7.74. The Balaban J connectivity index is 1.53. The van der Waals surface area contributed by atoms with E-state index in [2.05, 4.69) is 17.0 Å². The smallest absolute Gasteiger partial charge is 0.255 e. The average Bonchev–Trinajstić information content (AvgIpc) is 3.30. The molecule has 0 aliphatic heterocycles. The van der Waals surface area contributed by atoms with Crippen LogP contribution in [0.15, 0.2) is 79.0 Å². The van der Waals surface area contributed by atoms with Crippen LogP contribution >= 0.6 is 0 Å². The quantitative estimate of drug-likeness (QED) is 0.330. The van der Waals surface area contributed by atoms with E-state index < -0.39 is 10.0 Å². The van der Waals surface area contributed by atoms with E-state index in [1.54, 1.807) is 36.9 Å². The van der Waals surface area contributed by atoms with Gasteiger partial charge in [0, 0.05) is 24.3 Å². The molecule has 1 aromatic heterocycles. The first-order valence-electron chi connectivity index (χ1n) is 12.2. The van der Waals surface area contributed by atoms with Gasteiger partial charge in [0.15, 0.2) is 0 Å². The second-order valence-electron chi connectivity index (χ2n) is 9.50. The van der Waals surface area contributed by atoms with Gasteiger partial charge < -0.3 is 5.32 Å². The van der Waals surface area contributed by atoms with Gasteiger partial charge >= 0.3 is 0 Å². The number of carbonyl (C=O) groups is 1. The summed E-state index contributed by atoms with van der Waals surface area (Å²) in [5.41, 5.74) is 6.70. The number of carbonyl (C=O) groups excluding carboxylic acids is 1. The Bertz CT molecular complexity index is 1490. The van der Waals surface area contributed by atoms with Crippen molar-refractivity contribution in [2.75, 3.05) is 0 Å². The van der Waals surface area contributed by atoms with Gasteiger partial charge in [-0.2, -0.15) is 5.10 Å². The molecule has 1 amide bonds. The molecule has 0 saturated heterocycles. The van der Waals surface area contributed by atoms with Crippen molar-refractivity contribution in [2.24, 2.45) is 0 Å². The SMILES string of the molecule is Cc1ccc(-c2nn(-c3ccccc3)cc2C(=O)NCc2ccc(CS(=O)(=O)NC(C)C)cc2)cc1C. The highest BCUT2D eigenvalue weighted by Crippen LogP contribution is 2.26. The molecule has 0 radical (unpaired) electrons. The van der Waals surface area contributed by atoms with Crippen LogP contribution in [0.3, 0.4) is 0 Å². The van der Waals surface area contributed by atoms with Gasteiger partial charge in [-0.3, -0.25) is 4.79 Å². The molecule has 4 rings (SSSR count). The third-order valence-corrected chi connectivity index (χ3v) is 7.55. The molecule has 0 fully saturated rings. The average molecular weight is 517 g/mol. The topological polar surface area (TPSA) is 93.1 Å². The molecule has 0 atom stereocenters. The zero-order valence-corrected chi connectivity index (χ0v) is 22.3. The molecule has 0 saturated carbocycles. The molecule has 2 N–H and O–H groups in total. The van der Waals surface area contributed by atoms with Crippen LogP contribution < -0.4 is 10.0 Å². The molecule has 3 aromatic carbocycles. The third kappa shape index (κ3) is 6.72. The normalized spacial score (nSPS) is 11.6. The number of nitrogens with one attached hydrogen (secondary N) is 2. The summed E-state index contributed by atoms with van der Waals surface area (Å²) in [4.78, 5) is 13.3. The number of sulfonamides is 1. The van der Waals surface area contributed by atoms with Crippen LogP contribution in [0.4, 0.5) is 0 Å². The number of amides is 1. The molecular weight excluding hydrogens is 484 g/mol. The fourth-order valence-corrected chi connectivity index (χ4v) is 5.44. The van der Waals surface area contributed by atoms with Gasteiger partial charge in [-0.1, -0.05) is 54.6 Å². The molecule has 0 aliphatic carbocycles. The minimum Gasteiger partial charge on any atom is -0.348 e. The zero-order chi connectivity index (χ0) is 26.6. The van der Waals surface area contributed by atoms with Crippen molar-refractivity contribution in [3.63, 3.8) is 0 Å². The molecule has 0 aliphatic rings. The summed E-state index contributed by atoms with van der Waals surface area (Å²) >= 11 is 0. The van der Waals surface area contributed by atoms with E-state index in [1.165, 1.54) is 5.56 Å². The first-order chi connectivity index (χ1) is 17.6. The minimum atomic E-state index is -3.40. The molecule has 0 spiro atoms. The first-order valence-corrected chi connectivity index (χ1v) is 13.9. The van der Waals surface area contributed by atoms with Crippen LogP contribution in [0, 0.1) is 13.8 Å². The van der Waals surface area contributed by atoms with Gasteiger partial charge in [0.2, 0.25) is 10.0 Å². The van der Waals surface area contributed by atoms with Crippen LogP contribution in [0.1, 0.15) is 46.5 Å². The van der Waals surface area contributed by atoms with Crippen LogP contribution in [-0.2, 0) is 22.3 Å². The fraction of sp³-hybridized carbons (Fsp3) is 0.241. The zero-order valence-electron chi connectivity index (χ0n) is 21.5. The van der Waals surface area contributed by atoms with Gasteiger partial charge in [0.25, 0.3) is 5.91 Å². The highest BCUT2D eigenvalue weighted by molar-refractivity contribution is 7.88. The van der Waals surface area contributed by atoms with Crippen LogP contribution in [0.2, 0.25) is 0 Å². The maximum absolute atomic E-state index is 13.3. The lowest BCUT2D eigenvalue weighted by molar-refractivity contribution is 0.0951. The number of aromatic nitrogens is 2. The molecule has 0 bridgehead atoms. The Labute approximate surface area is 218 Å². The van der Waals surface area contributed by atoms with E-state index in [1.807, 2.05) is 67.6 Å². The molecule has 192 valence electrons. The lowest BCUT2D eigenvalue weighted by Gasteiger charge is -2.10. The van der Waals surface area contributed by atoms with Crippen molar-refractivity contribution < 1.29 is 13.2 Å². The van der Waals surface area contributed by atoms with Crippen LogP contribution in [0.5, 0.6) is 0 Å². The van der Waals surface area contributed by atoms with Crippen molar-refractivity contribution in [3.05, 3.63) is 107 Å². The Morgan fingerprint density at radius 2 is 1.59 bits per heavy atom. The first kappa shape index (κ1) is 26.3. The van der Waals surface area contributed by atoms with Crippen LogP contribution in [-0.4, -0.2) is 30.1 Å². The summed E-state index contributed by atoms with van der Waals surface area (Å²) < 4.78 is 28.7. The summed E-state index contributed by atoms with van der Waals surface area (Å²) in [6, 6.07) is 22.8. The van der Waals surface area contributed by atoms with Crippen molar-refractivity contribution in [2.45, 2.75) is 46.0 Å². The van der Waals surface area contributed by atoms with Crippen molar-refractivity contribution >= 4 is 15.9 Å². The van der Waals surface area contributed by atoms with Gasteiger partial charge in [-0.05, 0) is 68.1 Å². The summed E-state index contributed by atoms with van der Waals surface area (Å²) in [6.07, 6.45) is 1.75. The highest BCUT2D eigenvalue weighted by Gasteiger charge is 2.19. The molecule has 7 nitrogen and oxygen atoms in total. The third-order valence-electron chi connectivity index (χ3n) is 6.01. The van der Waals surface area contributed by atoms with Crippen molar-refractivity contribution in [1.82, 2.24) is 19.8 Å². The second-order valence-corrected chi connectivity index (χ2v) is 11.3. The lowest BCUT2D eigenvalue weighted by atomic mass is 10.0. The number of benzene rings is 3. The number of rotatable bonds is 9. The Morgan fingerprint density at radius 1 is 0.919 bits per heavy atom. The Morgan fingerprint density at radius 3 is 2.24 bits per heavy atom. The lowest BCUT2D eigenvalue weighted by Crippen LogP contribution is -2.31. The van der Waals surface area contributed by atoms with Gasteiger partial charge in [-0.15, -0.1) is 0 Å². The number of hydrogen-bond acceptors (Lipinski definition) is 4. The van der Waals surface area contributed by atoms with Crippen LogP contribution in [0.25, 0.3) is 16.9 Å². The predicted molar refractivity (Wildman–Crippen MR) is 147 cm³/mol. The van der Waals surface area contributed by atoms with E-state index in [4.69, 9.17) is 5.10 Å². The minimum absolute atomic E-state index is 0.0875. The molecular formula is C29H32N4O3S. The van der Waals surface area contributed by atoms with E-state index >= 15 is 0 Å². The molecule has 4 aromatic rings.